The second kappa shape index (κ2) is 13.3. The molecular weight excluding hydrogens is 501 g/mol. The van der Waals surface area contributed by atoms with E-state index in [0.29, 0.717) is 5.92 Å². The molecule has 2 fully saturated rings. The molecule has 0 saturated carbocycles. The van der Waals surface area contributed by atoms with Crippen molar-refractivity contribution in [3.05, 3.63) is 35.9 Å². The lowest BCUT2D eigenvalue weighted by molar-refractivity contribution is -0.133. The molecule has 2 atom stereocenters. The van der Waals surface area contributed by atoms with E-state index >= 15 is 0 Å². The maximum Gasteiger partial charge on any atom is 0.225 e. The molecule has 0 aromatic heterocycles. The Morgan fingerprint density at radius 2 is 1.94 bits per heavy atom. The molecule has 2 aliphatic rings. The summed E-state index contributed by atoms with van der Waals surface area (Å²) in [5.41, 5.74) is 1.42. The first kappa shape index (κ1) is 25.9. The van der Waals surface area contributed by atoms with E-state index in [1.807, 2.05) is 18.7 Å². The Morgan fingerprint density at radius 3 is 2.65 bits per heavy atom. The van der Waals surface area contributed by atoms with E-state index < -0.39 is 0 Å². The number of guanidine groups is 1. The fraction of sp³-hybridized carbons (Fsp3) is 0.667. The highest BCUT2D eigenvalue weighted by molar-refractivity contribution is 14.0. The van der Waals surface area contributed by atoms with Crippen LogP contribution < -0.4 is 10.6 Å². The van der Waals surface area contributed by atoms with E-state index in [0.717, 1.165) is 58.1 Å². The lowest BCUT2D eigenvalue weighted by Crippen LogP contribution is -2.45. The van der Waals surface area contributed by atoms with Gasteiger partial charge in [0.1, 0.15) is 0 Å². The van der Waals surface area contributed by atoms with E-state index in [1.54, 1.807) is 0 Å². The van der Waals surface area contributed by atoms with Gasteiger partial charge in [-0.2, -0.15) is 0 Å². The second-order valence-electron chi connectivity index (χ2n) is 8.98. The summed E-state index contributed by atoms with van der Waals surface area (Å²) < 4.78 is 0. The highest BCUT2D eigenvalue weighted by atomic mass is 127. The van der Waals surface area contributed by atoms with Crippen LogP contribution in [0.2, 0.25) is 0 Å². The first-order valence-corrected chi connectivity index (χ1v) is 11.6. The van der Waals surface area contributed by atoms with Gasteiger partial charge in [-0.05, 0) is 44.2 Å². The molecular formula is C24H40IN5O. The van der Waals surface area contributed by atoms with E-state index in [2.05, 4.69) is 52.8 Å². The summed E-state index contributed by atoms with van der Waals surface area (Å²) in [6.45, 7) is 12.8. The van der Waals surface area contributed by atoms with Gasteiger partial charge in [0.15, 0.2) is 5.96 Å². The molecule has 3 rings (SSSR count). The number of amides is 1. The van der Waals surface area contributed by atoms with Crippen molar-refractivity contribution in [1.29, 1.82) is 0 Å². The van der Waals surface area contributed by atoms with Crippen molar-refractivity contribution in [2.75, 3.05) is 45.8 Å². The number of hydrogen-bond donors (Lipinski definition) is 2. The molecule has 2 N–H and O–H groups in total. The van der Waals surface area contributed by atoms with Crippen LogP contribution in [0, 0.1) is 11.8 Å². The minimum absolute atomic E-state index is 0. The predicted molar refractivity (Wildman–Crippen MR) is 139 cm³/mol. The minimum Gasteiger partial charge on any atom is -0.357 e. The van der Waals surface area contributed by atoms with Gasteiger partial charge in [0.05, 0.1) is 0 Å². The fourth-order valence-corrected chi connectivity index (χ4v) is 4.37. The summed E-state index contributed by atoms with van der Waals surface area (Å²) in [6, 6.07) is 11.0. The number of hydrogen-bond acceptors (Lipinski definition) is 3. The summed E-state index contributed by atoms with van der Waals surface area (Å²) in [6.07, 6.45) is 3.33. The predicted octanol–water partition coefficient (Wildman–Crippen LogP) is 2.98. The number of benzene rings is 1. The number of carbonyl (C=O) groups excluding carboxylic acids is 1. The van der Waals surface area contributed by atoms with Crippen molar-refractivity contribution in [2.24, 2.45) is 16.8 Å². The molecule has 6 nitrogen and oxygen atoms in total. The molecule has 7 heteroatoms. The fourth-order valence-electron chi connectivity index (χ4n) is 4.37. The normalized spacial score (nSPS) is 21.9. The van der Waals surface area contributed by atoms with Gasteiger partial charge in [-0.3, -0.25) is 9.79 Å². The molecule has 0 bridgehead atoms. The zero-order valence-electron chi connectivity index (χ0n) is 19.3. The van der Waals surface area contributed by atoms with Gasteiger partial charge in [-0.15, -0.1) is 24.0 Å². The van der Waals surface area contributed by atoms with Gasteiger partial charge in [0, 0.05) is 51.2 Å². The molecule has 1 aromatic carbocycles. The maximum atomic E-state index is 12.2. The second-order valence-corrected chi connectivity index (χ2v) is 8.98. The lowest BCUT2D eigenvalue weighted by Gasteiger charge is -2.20. The molecule has 0 aliphatic carbocycles. The molecule has 2 heterocycles. The molecule has 2 saturated heterocycles. The third-order valence-corrected chi connectivity index (χ3v) is 6.12. The number of rotatable bonds is 8. The van der Waals surface area contributed by atoms with Gasteiger partial charge < -0.3 is 20.4 Å². The Hall–Kier alpha value is -1.35. The van der Waals surface area contributed by atoms with E-state index in [9.17, 15) is 4.79 Å². The SMILES string of the molecule is CCNC(=NCC1CCN(CCc2ccccc2)C1)NC1CCN(C(=O)C(C)C)C1.I. The number of halogens is 1. The van der Waals surface area contributed by atoms with Crippen molar-refractivity contribution in [3.8, 4) is 0 Å². The summed E-state index contributed by atoms with van der Waals surface area (Å²) in [5, 5.41) is 6.93. The Kier molecular flexibility index (Phi) is 11.1. The average molecular weight is 542 g/mol. The zero-order chi connectivity index (χ0) is 21.3. The van der Waals surface area contributed by atoms with E-state index in [-0.39, 0.29) is 41.8 Å². The van der Waals surface area contributed by atoms with Gasteiger partial charge >= 0.3 is 0 Å². The summed E-state index contributed by atoms with van der Waals surface area (Å²) in [5.74, 6) is 1.84. The first-order valence-electron chi connectivity index (χ1n) is 11.6. The van der Waals surface area contributed by atoms with Crippen LogP contribution in [0.1, 0.15) is 39.2 Å². The van der Waals surface area contributed by atoms with Crippen LogP contribution in [0.4, 0.5) is 0 Å². The summed E-state index contributed by atoms with van der Waals surface area (Å²) >= 11 is 0. The van der Waals surface area contributed by atoms with Crippen LogP contribution in [-0.4, -0.2) is 73.5 Å². The van der Waals surface area contributed by atoms with Gasteiger partial charge in [-0.25, -0.2) is 0 Å². The monoisotopic (exact) mass is 541 g/mol. The van der Waals surface area contributed by atoms with E-state index in [4.69, 9.17) is 4.99 Å². The Morgan fingerprint density at radius 1 is 1.16 bits per heavy atom. The third-order valence-electron chi connectivity index (χ3n) is 6.12. The Bertz CT molecular complexity index is 696. The highest BCUT2D eigenvalue weighted by Gasteiger charge is 2.28. The van der Waals surface area contributed by atoms with Crippen LogP contribution >= 0.6 is 24.0 Å². The van der Waals surface area contributed by atoms with Crippen molar-refractivity contribution < 1.29 is 4.79 Å². The molecule has 1 amide bonds. The maximum absolute atomic E-state index is 12.2. The molecule has 2 aliphatic heterocycles. The van der Waals surface area contributed by atoms with Crippen LogP contribution in [0.25, 0.3) is 0 Å². The molecule has 174 valence electrons. The molecule has 0 spiro atoms. The summed E-state index contributed by atoms with van der Waals surface area (Å²) in [4.78, 5) is 21.7. The lowest BCUT2D eigenvalue weighted by atomic mass is 10.1. The van der Waals surface area contributed by atoms with Gasteiger partial charge in [-0.1, -0.05) is 44.2 Å². The first-order chi connectivity index (χ1) is 14.5. The number of nitrogens with one attached hydrogen (secondary N) is 2. The van der Waals surface area contributed by atoms with Crippen LogP contribution in [0.3, 0.4) is 0 Å². The Balaban J connectivity index is 0.00000341. The quantitative estimate of drug-likeness (QED) is 0.302. The smallest absolute Gasteiger partial charge is 0.225 e. The largest absolute Gasteiger partial charge is 0.357 e. The average Bonchev–Trinajstić information content (AvgIpc) is 3.40. The number of aliphatic imine (C=N–C) groups is 1. The topological polar surface area (TPSA) is 60.0 Å². The highest BCUT2D eigenvalue weighted by Crippen LogP contribution is 2.17. The van der Waals surface area contributed by atoms with Crippen LogP contribution in [-0.2, 0) is 11.2 Å². The van der Waals surface area contributed by atoms with Crippen molar-refractivity contribution in [2.45, 2.75) is 46.1 Å². The Labute approximate surface area is 205 Å². The number of nitrogens with zero attached hydrogens (tertiary/aromatic N) is 3. The summed E-state index contributed by atoms with van der Waals surface area (Å²) in [7, 11) is 0. The van der Waals surface area contributed by atoms with Crippen LogP contribution in [0.15, 0.2) is 35.3 Å². The molecule has 2 unspecified atom stereocenters. The number of likely N-dealkylation sites (tertiary alicyclic amines) is 2. The number of carbonyl (C=O) groups is 1. The van der Waals surface area contributed by atoms with Crippen molar-refractivity contribution in [3.63, 3.8) is 0 Å². The standard InChI is InChI=1S/C24H39N5O.HI/c1-4-25-24(27-22-12-15-29(18-22)23(30)19(2)3)26-16-21-11-14-28(17-21)13-10-20-8-6-5-7-9-20;/h5-9,19,21-22H,4,10-18H2,1-3H3,(H2,25,26,27);1H. The molecule has 1 aromatic rings. The van der Waals surface area contributed by atoms with Gasteiger partial charge in [0.25, 0.3) is 0 Å². The van der Waals surface area contributed by atoms with Crippen molar-refractivity contribution in [1.82, 2.24) is 20.4 Å². The third kappa shape index (κ3) is 8.25. The van der Waals surface area contributed by atoms with Gasteiger partial charge in [0.2, 0.25) is 5.91 Å². The minimum atomic E-state index is 0. The van der Waals surface area contributed by atoms with E-state index in [1.165, 1.54) is 18.5 Å². The molecule has 0 radical (unpaired) electrons. The molecule has 31 heavy (non-hydrogen) atoms. The van der Waals surface area contributed by atoms with Crippen LogP contribution in [0.5, 0.6) is 0 Å². The zero-order valence-corrected chi connectivity index (χ0v) is 21.7. The van der Waals surface area contributed by atoms with Crippen molar-refractivity contribution >= 4 is 35.8 Å².